The Balaban J connectivity index is 1.21. The summed E-state index contributed by atoms with van der Waals surface area (Å²) in [7, 11) is -5.80. The molecule has 1 unspecified atom stereocenters. The molecular weight excluding hydrogens is 623 g/mol. The van der Waals surface area contributed by atoms with Gasteiger partial charge in [0.15, 0.2) is 0 Å². The monoisotopic (exact) mass is 657 g/mol. The van der Waals surface area contributed by atoms with Crippen LogP contribution in [-0.2, 0) is 24.6 Å². The van der Waals surface area contributed by atoms with Crippen LogP contribution in [0.2, 0.25) is 0 Å². The number of carbonyl (C=O) groups excluding carboxylic acids is 4. The van der Waals surface area contributed by atoms with E-state index >= 15 is 0 Å². The molecule has 4 heterocycles. The van der Waals surface area contributed by atoms with E-state index < -0.39 is 42.7 Å². The molecule has 46 heavy (non-hydrogen) atoms. The van der Waals surface area contributed by atoms with Gasteiger partial charge in [0.25, 0.3) is 5.91 Å². The Morgan fingerprint density at radius 3 is 2.37 bits per heavy atom. The number of carbonyl (C=O) groups is 4. The number of nitrogens with zero attached hydrogens (tertiary/aromatic N) is 3. The molecule has 3 aliphatic rings. The largest absolute Gasteiger partial charge is 0.399 e. The molecule has 4 N–H and O–H groups in total. The standard InChI is InChI=1S/C31H34F2N5O7P/c1-18(39)36-12-11-23-8-10-27(30(42)37-15-21(16-37)19-5-3-2-4-6-19)38(23)29(41)26(17-36)35-28(40)25-14-20-13-22(7-9-24(20)34-25)31(32,33)46(43,44)45/h2-7,9,13-14,21,23,26-27,34H,8,10-12,15-17H2,1H3,(H,35,40)(H2,43,44,45)/t23-,26?,27+/m1/s1. The molecule has 3 fully saturated rings. The highest BCUT2D eigenvalue weighted by atomic mass is 31.2. The molecule has 244 valence electrons. The average molecular weight is 658 g/mol. The van der Waals surface area contributed by atoms with Crippen molar-refractivity contribution in [1.82, 2.24) is 25.0 Å². The highest BCUT2D eigenvalue weighted by molar-refractivity contribution is 7.52. The van der Waals surface area contributed by atoms with Crippen molar-refractivity contribution in [2.75, 3.05) is 26.2 Å². The van der Waals surface area contributed by atoms with Crippen molar-refractivity contribution in [3.63, 3.8) is 0 Å². The summed E-state index contributed by atoms with van der Waals surface area (Å²) in [6.45, 7) is 2.68. The second kappa shape index (κ2) is 11.9. The summed E-state index contributed by atoms with van der Waals surface area (Å²) in [5, 5.41) is 2.77. The quantitative estimate of drug-likeness (QED) is 0.296. The van der Waals surface area contributed by atoms with E-state index in [4.69, 9.17) is 9.79 Å². The van der Waals surface area contributed by atoms with Gasteiger partial charge in [-0.2, -0.15) is 8.78 Å². The summed E-state index contributed by atoms with van der Waals surface area (Å²) < 4.78 is 39.9. The van der Waals surface area contributed by atoms with Gasteiger partial charge in [-0.15, -0.1) is 0 Å². The van der Waals surface area contributed by atoms with E-state index in [1.807, 2.05) is 30.3 Å². The van der Waals surface area contributed by atoms with Gasteiger partial charge in [-0.3, -0.25) is 23.7 Å². The SMILES string of the molecule is CC(=O)N1CC[C@H]2CC[C@@H](C(=O)N3CC(c4ccccc4)C3)N2C(=O)C(NC(=O)c2cc3cc(C(F)(F)P(=O)(O)O)ccc3[nH]2)C1. The maximum atomic E-state index is 14.3. The van der Waals surface area contributed by atoms with Crippen LogP contribution in [0, 0.1) is 0 Å². The van der Waals surface area contributed by atoms with E-state index in [0.717, 1.165) is 17.7 Å². The fourth-order valence-electron chi connectivity index (χ4n) is 6.66. The van der Waals surface area contributed by atoms with Gasteiger partial charge in [0.1, 0.15) is 17.8 Å². The maximum absolute atomic E-state index is 14.3. The minimum Gasteiger partial charge on any atom is -0.351 e. The number of H-pyrrole nitrogens is 1. The third kappa shape index (κ3) is 5.80. The maximum Gasteiger partial charge on any atom is 0.399 e. The van der Waals surface area contributed by atoms with Crippen molar-refractivity contribution < 1.29 is 42.3 Å². The van der Waals surface area contributed by atoms with Crippen LogP contribution in [-0.4, -0.2) is 97.4 Å². The molecule has 1 aromatic heterocycles. The molecule has 12 nitrogen and oxygen atoms in total. The zero-order chi connectivity index (χ0) is 33.0. The Bertz CT molecular complexity index is 1740. The Labute approximate surface area is 262 Å². The summed E-state index contributed by atoms with van der Waals surface area (Å²) in [4.78, 5) is 79.4. The molecule has 6 rings (SSSR count). The predicted octanol–water partition coefficient (Wildman–Crippen LogP) is 2.73. The van der Waals surface area contributed by atoms with Crippen LogP contribution in [0.4, 0.5) is 8.78 Å². The number of alkyl halides is 2. The molecule has 0 aliphatic carbocycles. The number of likely N-dealkylation sites (tertiary alicyclic amines) is 1. The zero-order valence-electron chi connectivity index (χ0n) is 24.9. The molecule has 0 spiro atoms. The third-order valence-corrected chi connectivity index (χ3v) is 10.3. The third-order valence-electron chi connectivity index (χ3n) is 9.27. The van der Waals surface area contributed by atoms with Crippen LogP contribution < -0.4 is 5.32 Å². The van der Waals surface area contributed by atoms with Gasteiger partial charge in [-0.1, -0.05) is 36.4 Å². The normalized spacial score (nSPS) is 22.7. The van der Waals surface area contributed by atoms with Crippen molar-refractivity contribution >= 4 is 42.1 Å². The summed E-state index contributed by atoms with van der Waals surface area (Å²) in [6.07, 6.45) is 1.53. The first-order valence-electron chi connectivity index (χ1n) is 15.0. The molecule has 0 bridgehead atoms. The fourth-order valence-corrected chi connectivity index (χ4v) is 7.14. The number of fused-ring (bicyclic) bond motifs is 2. The van der Waals surface area contributed by atoms with Crippen LogP contribution in [0.1, 0.15) is 53.7 Å². The molecule has 0 radical (unpaired) electrons. The molecular formula is C31H34F2N5O7P. The van der Waals surface area contributed by atoms with E-state index in [1.54, 1.807) is 9.80 Å². The van der Waals surface area contributed by atoms with Gasteiger partial charge in [0.2, 0.25) is 17.7 Å². The van der Waals surface area contributed by atoms with Gasteiger partial charge >= 0.3 is 13.3 Å². The first kappa shape index (κ1) is 31.8. The first-order valence-corrected chi connectivity index (χ1v) is 16.6. The zero-order valence-corrected chi connectivity index (χ0v) is 25.8. The number of aromatic amines is 1. The first-order chi connectivity index (χ1) is 21.7. The number of hydrogen-bond acceptors (Lipinski definition) is 5. The van der Waals surface area contributed by atoms with E-state index in [9.17, 15) is 32.5 Å². The number of amides is 4. The van der Waals surface area contributed by atoms with Crippen molar-refractivity contribution in [3.8, 4) is 0 Å². The molecule has 2 aromatic carbocycles. The Morgan fingerprint density at radius 2 is 1.70 bits per heavy atom. The fraction of sp³-hybridized carbons (Fsp3) is 0.419. The van der Waals surface area contributed by atoms with E-state index in [-0.39, 0.29) is 46.9 Å². The van der Waals surface area contributed by atoms with Gasteiger partial charge in [-0.25, -0.2) is 0 Å². The number of aromatic nitrogens is 1. The number of nitrogens with one attached hydrogen (secondary N) is 2. The topological polar surface area (TPSA) is 163 Å². The second-order valence-electron chi connectivity index (χ2n) is 12.2. The van der Waals surface area contributed by atoms with Gasteiger partial charge in [-0.05, 0) is 43.0 Å². The Hall–Kier alpha value is -4.13. The number of halogens is 2. The minimum absolute atomic E-state index is 0.0889. The second-order valence-corrected chi connectivity index (χ2v) is 13.8. The van der Waals surface area contributed by atoms with Gasteiger partial charge < -0.3 is 34.8 Å². The molecule has 3 aromatic rings. The summed E-state index contributed by atoms with van der Waals surface area (Å²) in [5.41, 5.74) is -4.04. The predicted molar refractivity (Wildman–Crippen MR) is 162 cm³/mol. The molecule has 0 saturated carbocycles. The summed E-state index contributed by atoms with van der Waals surface area (Å²) in [6, 6.07) is 11.9. The summed E-state index contributed by atoms with van der Waals surface area (Å²) >= 11 is 0. The van der Waals surface area contributed by atoms with Crippen LogP contribution in [0.15, 0.2) is 54.6 Å². The molecule has 4 amide bonds. The lowest BCUT2D eigenvalue weighted by Crippen LogP contribution is -2.62. The van der Waals surface area contributed by atoms with Gasteiger partial charge in [0, 0.05) is 61.5 Å². The van der Waals surface area contributed by atoms with E-state index in [1.165, 1.54) is 24.0 Å². The van der Waals surface area contributed by atoms with E-state index in [2.05, 4.69) is 10.3 Å². The minimum atomic E-state index is -5.80. The Morgan fingerprint density at radius 1 is 0.978 bits per heavy atom. The highest BCUT2D eigenvalue weighted by Crippen LogP contribution is 2.59. The van der Waals surface area contributed by atoms with E-state index in [0.29, 0.717) is 38.9 Å². The molecule has 3 saturated heterocycles. The average Bonchev–Trinajstić information content (AvgIpc) is 3.60. The number of rotatable bonds is 6. The van der Waals surface area contributed by atoms with Crippen molar-refractivity contribution in [2.24, 2.45) is 0 Å². The van der Waals surface area contributed by atoms with Gasteiger partial charge in [0.05, 0.1) is 0 Å². The molecule has 15 heteroatoms. The van der Waals surface area contributed by atoms with Crippen molar-refractivity contribution in [1.29, 1.82) is 0 Å². The Kier molecular flexibility index (Phi) is 8.24. The van der Waals surface area contributed by atoms with Crippen molar-refractivity contribution in [2.45, 2.75) is 55.9 Å². The van der Waals surface area contributed by atoms with Crippen LogP contribution in [0.25, 0.3) is 10.9 Å². The molecule has 3 atom stereocenters. The van der Waals surface area contributed by atoms with Crippen molar-refractivity contribution in [3.05, 3.63) is 71.4 Å². The lowest BCUT2D eigenvalue weighted by molar-refractivity contribution is -0.151. The number of hydrogen-bond donors (Lipinski definition) is 4. The lowest BCUT2D eigenvalue weighted by atomic mass is 9.91. The smallest absolute Gasteiger partial charge is 0.351 e. The number of benzene rings is 2. The lowest BCUT2D eigenvalue weighted by Gasteiger charge is -2.44. The van der Waals surface area contributed by atoms with Crippen LogP contribution in [0.5, 0.6) is 0 Å². The highest BCUT2D eigenvalue weighted by Gasteiger charge is 2.51. The summed E-state index contributed by atoms with van der Waals surface area (Å²) in [5.74, 6) is -1.44. The van der Waals surface area contributed by atoms with Crippen LogP contribution >= 0.6 is 7.60 Å². The molecule has 3 aliphatic heterocycles. The van der Waals surface area contributed by atoms with Crippen LogP contribution in [0.3, 0.4) is 0 Å².